The highest BCUT2D eigenvalue weighted by atomic mass is 79.9. The minimum absolute atomic E-state index is 0.162. The highest BCUT2D eigenvalue weighted by Gasteiger charge is 2.18. The zero-order valence-electron chi connectivity index (χ0n) is 14.6. The molecule has 2 aromatic carbocycles. The molecule has 0 radical (unpaired) electrons. The Kier molecular flexibility index (Phi) is 6.21. The first-order valence-corrected chi connectivity index (χ1v) is 9.38. The van der Waals surface area contributed by atoms with Gasteiger partial charge in [-0.1, -0.05) is 46.3 Å². The van der Waals surface area contributed by atoms with Crippen molar-refractivity contribution in [3.05, 3.63) is 89.2 Å². The van der Waals surface area contributed by atoms with Gasteiger partial charge in [0.2, 0.25) is 5.70 Å². The van der Waals surface area contributed by atoms with Crippen molar-refractivity contribution >= 4 is 50.3 Å². The molecule has 0 aliphatic rings. The van der Waals surface area contributed by atoms with Gasteiger partial charge in [-0.15, -0.1) is 0 Å². The molecule has 1 heterocycles. The lowest BCUT2D eigenvalue weighted by Crippen LogP contribution is -2.39. The maximum absolute atomic E-state index is 13.2. The SMILES string of the molecule is COc1ccc(NC(=S)/C(=C(\[O-])c2ccc(Br)cc2)[n+]2ccccc2)cc1. The van der Waals surface area contributed by atoms with E-state index in [-0.39, 0.29) is 5.76 Å². The number of hydrogen-bond donors (Lipinski definition) is 1. The minimum atomic E-state index is -0.162. The summed E-state index contributed by atoms with van der Waals surface area (Å²) in [6, 6.07) is 20.2. The summed E-state index contributed by atoms with van der Waals surface area (Å²) in [6.45, 7) is 0. The molecule has 3 aromatic rings. The summed E-state index contributed by atoms with van der Waals surface area (Å²) in [4.78, 5) is 0.337. The number of hydrogen-bond acceptors (Lipinski definition) is 3. The molecule has 1 aromatic heterocycles. The molecule has 0 saturated carbocycles. The van der Waals surface area contributed by atoms with E-state index in [4.69, 9.17) is 17.0 Å². The number of methoxy groups -OCH3 is 1. The van der Waals surface area contributed by atoms with Crippen molar-refractivity contribution in [2.24, 2.45) is 0 Å². The van der Waals surface area contributed by atoms with Crippen molar-refractivity contribution in [3.63, 3.8) is 0 Å². The van der Waals surface area contributed by atoms with Gasteiger partial charge in [0.15, 0.2) is 17.4 Å². The molecule has 4 nitrogen and oxygen atoms in total. The van der Waals surface area contributed by atoms with Crippen LogP contribution in [0.1, 0.15) is 5.56 Å². The fraction of sp³-hybridized carbons (Fsp3) is 0.0476. The molecule has 0 atom stereocenters. The van der Waals surface area contributed by atoms with E-state index in [0.29, 0.717) is 16.2 Å². The lowest BCUT2D eigenvalue weighted by Gasteiger charge is -2.17. The Balaban J connectivity index is 2.00. The number of ether oxygens (including phenoxy) is 1. The maximum Gasteiger partial charge on any atom is 0.238 e. The summed E-state index contributed by atoms with van der Waals surface area (Å²) in [6.07, 6.45) is 3.60. The molecule has 0 fully saturated rings. The third kappa shape index (κ3) is 4.72. The Morgan fingerprint density at radius 2 is 1.63 bits per heavy atom. The van der Waals surface area contributed by atoms with Crippen molar-refractivity contribution in [3.8, 4) is 5.75 Å². The molecule has 0 aliphatic heterocycles. The molecular weight excluding hydrogens is 424 g/mol. The van der Waals surface area contributed by atoms with E-state index in [1.54, 1.807) is 36.2 Å². The molecule has 0 spiro atoms. The Bertz CT molecular complexity index is 956. The van der Waals surface area contributed by atoms with Gasteiger partial charge in [0.1, 0.15) is 5.75 Å². The summed E-state index contributed by atoms with van der Waals surface area (Å²) < 4.78 is 7.80. The molecule has 3 rings (SSSR count). The molecular formula is C21H17BrN2O2S. The number of nitrogens with zero attached hydrogens (tertiary/aromatic N) is 1. The molecule has 0 aliphatic carbocycles. The molecule has 0 unspecified atom stereocenters. The van der Waals surface area contributed by atoms with Gasteiger partial charge < -0.3 is 15.2 Å². The first-order valence-electron chi connectivity index (χ1n) is 8.18. The Morgan fingerprint density at radius 1 is 1.00 bits per heavy atom. The van der Waals surface area contributed by atoms with Crippen LogP contribution in [0.2, 0.25) is 0 Å². The van der Waals surface area contributed by atoms with Crippen molar-refractivity contribution < 1.29 is 14.4 Å². The van der Waals surface area contributed by atoms with Crippen molar-refractivity contribution in [1.29, 1.82) is 0 Å². The quantitative estimate of drug-likeness (QED) is 0.283. The van der Waals surface area contributed by atoms with Crippen LogP contribution in [0, 0.1) is 0 Å². The van der Waals surface area contributed by atoms with Gasteiger partial charge in [-0.2, -0.15) is 4.57 Å². The first-order chi connectivity index (χ1) is 13.1. The number of benzene rings is 2. The van der Waals surface area contributed by atoms with Crippen LogP contribution < -0.4 is 19.7 Å². The number of halogens is 1. The molecule has 6 heteroatoms. The van der Waals surface area contributed by atoms with Gasteiger partial charge in [0.05, 0.1) is 7.11 Å². The summed E-state index contributed by atoms with van der Waals surface area (Å²) >= 11 is 8.96. The fourth-order valence-corrected chi connectivity index (χ4v) is 3.07. The minimum Gasteiger partial charge on any atom is -0.867 e. The summed E-state index contributed by atoms with van der Waals surface area (Å²) in [5.74, 6) is 0.587. The van der Waals surface area contributed by atoms with Gasteiger partial charge in [-0.25, -0.2) is 0 Å². The van der Waals surface area contributed by atoms with Gasteiger partial charge in [0, 0.05) is 22.3 Å². The molecule has 0 amide bonds. The molecule has 27 heavy (non-hydrogen) atoms. The monoisotopic (exact) mass is 440 g/mol. The average molecular weight is 441 g/mol. The number of thiocarbonyl (C=S) groups is 1. The summed E-state index contributed by atoms with van der Waals surface area (Å²) in [5.41, 5.74) is 1.71. The van der Waals surface area contributed by atoms with E-state index in [2.05, 4.69) is 21.2 Å². The van der Waals surface area contributed by atoms with E-state index < -0.39 is 0 Å². The summed E-state index contributed by atoms with van der Waals surface area (Å²) in [5, 5.41) is 16.3. The molecule has 136 valence electrons. The predicted octanol–water partition coefficient (Wildman–Crippen LogP) is 3.87. The predicted molar refractivity (Wildman–Crippen MR) is 113 cm³/mol. The third-order valence-corrected chi connectivity index (χ3v) is 4.68. The van der Waals surface area contributed by atoms with Crippen molar-refractivity contribution in [1.82, 2.24) is 0 Å². The molecule has 0 bridgehead atoms. The van der Waals surface area contributed by atoms with Crippen LogP contribution in [0.5, 0.6) is 5.75 Å². The third-order valence-electron chi connectivity index (χ3n) is 3.86. The van der Waals surface area contributed by atoms with Crippen LogP contribution >= 0.6 is 28.1 Å². The lowest BCUT2D eigenvalue weighted by molar-refractivity contribution is -0.577. The van der Waals surface area contributed by atoms with Crippen LogP contribution in [0.15, 0.2) is 83.6 Å². The largest absolute Gasteiger partial charge is 0.867 e. The van der Waals surface area contributed by atoms with Crippen LogP contribution in [0.4, 0.5) is 5.69 Å². The first kappa shape index (κ1) is 19.1. The van der Waals surface area contributed by atoms with Gasteiger partial charge in [-0.3, -0.25) is 0 Å². The van der Waals surface area contributed by atoms with Gasteiger partial charge in [0.25, 0.3) is 0 Å². The molecule has 1 N–H and O–H groups in total. The normalized spacial score (nSPS) is 11.5. The van der Waals surface area contributed by atoms with Crippen LogP contribution in [-0.4, -0.2) is 12.1 Å². The highest BCUT2D eigenvalue weighted by Crippen LogP contribution is 2.20. The zero-order valence-corrected chi connectivity index (χ0v) is 17.0. The Labute approximate surface area is 171 Å². The topological polar surface area (TPSA) is 48.2 Å². The second kappa shape index (κ2) is 8.79. The van der Waals surface area contributed by atoms with Crippen molar-refractivity contribution in [2.45, 2.75) is 0 Å². The Morgan fingerprint density at radius 3 is 2.22 bits per heavy atom. The number of nitrogens with one attached hydrogen (secondary N) is 1. The van der Waals surface area contributed by atoms with Crippen LogP contribution in [0.25, 0.3) is 11.5 Å². The highest BCUT2D eigenvalue weighted by molar-refractivity contribution is 9.10. The number of pyridine rings is 1. The fourth-order valence-electron chi connectivity index (χ4n) is 2.49. The van der Waals surface area contributed by atoms with Crippen LogP contribution in [0.3, 0.4) is 0 Å². The second-order valence-corrected chi connectivity index (χ2v) is 6.97. The standard InChI is InChI=1S/C21H17BrN2O2S/c1-26-18-11-9-17(10-12-18)23-21(27)19(24-13-3-2-4-14-24)20(25)15-5-7-16(22)8-6-15/h2-14H,1H3,(H-,23,25,27). The van der Waals surface area contributed by atoms with Gasteiger partial charge in [-0.05, 0) is 47.7 Å². The maximum atomic E-state index is 13.2. The van der Waals surface area contributed by atoms with Crippen molar-refractivity contribution in [2.75, 3.05) is 12.4 Å². The van der Waals surface area contributed by atoms with E-state index in [0.717, 1.165) is 15.9 Å². The zero-order chi connectivity index (χ0) is 19.2. The van der Waals surface area contributed by atoms with Gasteiger partial charge >= 0.3 is 0 Å². The average Bonchev–Trinajstić information content (AvgIpc) is 2.70. The van der Waals surface area contributed by atoms with E-state index in [1.165, 1.54) is 0 Å². The summed E-state index contributed by atoms with van der Waals surface area (Å²) in [7, 11) is 1.61. The number of rotatable bonds is 5. The molecule has 0 saturated heterocycles. The smallest absolute Gasteiger partial charge is 0.238 e. The van der Waals surface area contributed by atoms with E-state index in [1.807, 2.05) is 54.6 Å². The number of anilines is 1. The van der Waals surface area contributed by atoms with E-state index in [9.17, 15) is 5.11 Å². The lowest BCUT2D eigenvalue weighted by atomic mass is 10.1. The Hall–Kier alpha value is -2.70. The number of aromatic nitrogens is 1. The van der Waals surface area contributed by atoms with Crippen LogP contribution in [-0.2, 0) is 0 Å². The second-order valence-electron chi connectivity index (χ2n) is 5.65. The van der Waals surface area contributed by atoms with E-state index >= 15 is 0 Å².